The normalized spacial score (nSPS) is 12.1. The van der Waals surface area contributed by atoms with Crippen molar-refractivity contribution in [2.24, 2.45) is 0 Å². The molecule has 0 fully saturated rings. The van der Waals surface area contributed by atoms with E-state index < -0.39 is 20.0 Å². The number of rotatable bonds is 5. The lowest BCUT2D eigenvalue weighted by Crippen LogP contribution is -2.19. The highest BCUT2D eigenvalue weighted by Crippen LogP contribution is 2.24. The van der Waals surface area contributed by atoms with E-state index in [1.165, 1.54) is 25.2 Å². The van der Waals surface area contributed by atoms with Crippen molar-refractivity contribution in [1.29, 1.82) is 0 Å². The van der Waals surface area contributed by atoms with Crippen molar-refractivity contribution < 1.29 is 16.8 Å². The van der Waals surface area contributed by atoms with Gasteiger partial charge in [0.2, 0.25) is 10.0 Å². The Labute approximate surface area is 144 Å². The molecule has 9 heteroatoms. The first kappa shape index (κ1) is 17.9. The molecule has 0 amide bonds. The summed E-state index contributed by atoms with van der Waals surface area (Å²) in [5.74, 6) is 0. The highest BCUT2D eigenvalue weighted by Gasteiger charge is 2.19. The molecule has 0 bridgehead atoms. The second kappa shape index (κ2) is 6.60. The first-order chi connectivity index (χ1) is 10.7. The number of nitrogens with one attached hydrogen (secondary N) is 2. The van der Waals surface area contributed by atoms with E-state index in [9.17, 15) is 16.8 Å². The molecule has 0 heterocycles. The third-order valence-electron chi connectivity index (χ3n) is 3.13. The lowest BCUT2D eigenvalue weighted by Gasteiger charge is -2.12. The quantitative estimate of drug-likeness (QED) is 0.779. The number of sulfonamides is 2. The van der Waals surface area contributed by atoms with Gasteiger partial charge in [0.05, 0.1) is 15.5 Å². The average molecular weight is 419 g/mol. The number of hydrogen-bond donors (Lipinski definition) is 2. The highest BCUT2D eigenvalue weighted by molar-refractivity contribution is 9.10. The summed E-state index contributed by atoms with van der Waals surface area (Å²) in [6.07, 6.45) is 0. The van der Waals surface area contributed by atoms with E-state index in [1.54, 1.807) is 25.1 Å². The molecule has 0 spiro atoms. The minimum absolute atomic E-state index is 0.115. The molecular formula is C14H15BrN2O4S2. The maximum Gasteiger partial charge on any atom is 0.261 e. The fourth-order valence-corrected chi connectivity index (χ4v) is 4.37. The number of halogens is 1. The van der Waals surface area contributed by atoms with Crippen LogP contribution in [0.25, 0.3) is 0 Å². The molecule has 0 aliphatic heterocycles. The van der Waals surface area contributed by atoms with E-state index in [0.29, 0.717) is 5.69 Å². The topological polar surface area (TPSA) is 92.3 Å². The Kier molecular flexibility index (Phi) is 5.14. The van der Waals surface area contributed by atoms with Crippen LogP contribution in [0.2, 0.25) is 0 Å². The number of aryl methyl sites for hydroxylation is 1. The van der Waals surface area contributed by atoms with Gasteiger partial charge in [0.25, 0.3) is 10.0 Å². The van der Waals surface area contributed by atoms with Gasteiger partial charge in [0.1, 0.15) is 0 Å². The van der Waals surface area contributed by atoms with E-state index >= 15 is 0 Å². The fourth-order valence-electron chi connectivity index (χ4n) is 1.87. The number of hydrogen-bond acceptors (Lipinski definition) is 4. The molecule has 0 atom stereocenters. The van der Waals surface area contributed by atoms with E-state index in [1.807, 2.05) is 0 Å². The number of benzene rings is 2. The van der Waals surface area contributed by atoms with Crippen LogP contribution >= 0.6 is 15.9 Å². The van der Waals surface area contributed by atoms with Crippen LogP contribution in [0, 0.1) is 6.92 Å². The molecule has 0 aromatic heterocycles. The van der Waals surface area contributed by atoms with Gasteiger partial charge in [0, 0.05) is 4.47 Å². The SMILES string of the molecule is CNS(=O)(=O)c1cccc(S(=O)(=O)Nc2ccc(Br)cc2C)c1. The molecule has 2 aromatic rings. The summed E-state index contributed by atoms with van der Waals surface area (Å²) < 4.78 is 54.0. The van der Waals surface area contributed by atoms with Crippen molar-refractivity contribution in [3.63, 3.8) is 0 Å². The molecule has 0 aliphatic carbocycles. The largest absolute Gasteiger partial charge is 0.279 e. The zero-order chi connectivity index (χ0) is 17.3. The third-order valence-corrected chi connectivity index (χ3v) is 6.40. The van der Waals surface area contributed by atoms with Gasteiger partial charge < -0.3 is 0 Å². The van der Waals surface area contributed by atoms with Gasteiger partial charge in [-0.3, -0.25) is 4.72 Å². The fraction of sp³-hybridized carbons (Fsp3) is 0.143. The van der Waals surface area contributed by atoms with Gasteiger partial charge in [-0.2, -0.15) is 0 Å². The van der Waals surface area contributed by atoms with Crippen molar-refractivity contribution in [2.75, 3.05) is 11.8 Å². The van der Waals surface area contributed by atoms with Crippen molar-refractivity contribution in [3.05, 3.63) is 52.5 Å². The van der Waals surface area contributed by atoms with Gasteiger partial charge in [0.15, 0.2) is 0 Å². The van der Waals surface area contributed by atoms with Crippen molar-refractivity contribution in [3.8, 4) is 0 Å². The van der Waals surface area contributed by atoms with Gasteiger partial charge in [-0.05, 0) is 55.9 Å². The Hall–Kier alpha value is -1.42. The second-order valence-electron chi connectivity index (χ2n) is 4.75. The molecule has 0 radical (unpaired) electrons. The molecule has 2 N–H and O–H groups in total. The Morgan fingerprint density at radius 2 is 1.52 bits per heavy atom. The Morgan fingerprint density at radius 1 is 0.913 bits per heavy atom. The summed E-state index contributed by atoms with van der Waals surface area (Å²) in [6, 6.07) is 10.3. The van der Waals surface area contributed by atoms with Crippen LogP contribution in [-0.4, -0.2) is 23.9 Å². The zero-order valence-electron chi connectivity index (χ0n) is 12.4. The molecule has 0 saturated carbocycles. The monoisotopic (exact) mass is 418 g/mol. The van der Waals surface area contributed by atoms with Crippen LogP contribution in [-0.2, 0) is 20.0 Å². The van der Waals surface area contributed by atoms with Crippen molar-refractivity contribution in [1.82, 2.24) is 4.72 Å². The van der Waals surface area contributed by atoms with Gasteiger partial charge in [-0.15, -0.1) is 0 Å². The van der Waals surface area contributed by atoms with Crippen LogP contribution in [0.5, 0.6) is 0 Å². The van der Waals surface area contributed by atoms with Crippen LogP contribution in [0.15, 0.2) is 56.7 Å². The first-order valence-corrected chi connectivity index (χ1v) is 10.2. The van der Waals surface area contributed by atoms with Crippen LogP contribution in [0.1, 0.15) is 5.56 Å². The molecule has 124 valence electrons. The third kappa shape index (κ3) is 4.11. The summed E-state index contributed by atoms with van der Waals surface area (Å²) >= 11 is 3.31. The standard InChI is InChI=1S/C14H15BrN2O4S2/c1-10-8-11(15)6-7-14(10)17-23(20,21)13-5-3-4-12(9-13)22(18,19)16-2/h3-9,16-17H,1-2H3. The molecule has 6 nitrogen and oxygen atoms in total. The summed E-state index contributed by atoms with van der Waals surface area (Å²) in [6.45, 7) is 1.77. The number of anilines is 1. The zero-order valence-corrected chi connectivity index (χ0v) is 15.6. The highest BCUT2D eigenvalue weighted by atomic mass is 79.9. The molecule has 2 aromatic carbocycles. The second-order valence-corrected chi connectivity index (χ2v) is 9.23. The maximum atomic E-state index is 12.5. The first-order valence-electron chi connectivity index (χ1n) is 6.48. The predicted molar refractivity (Wildman–Crippen MR) is 92.4 cm³/mol. The van der Waals surface area contributed by atoms with E-state index in [4.69, 9.17) is 0 Å². The van der Waals surface area contributed by atoms with E-state index in [0.717, 1.165) is 16.1 Å². The summed E-state index contributed by atoms with van der Waals surface area (Å²) in [5, 5.41) is 0. The molecule has 0 aliphatic rings. The van der Waals surface area contributed by atoms with Gasteiger partial charge in [-0.25, -0.2) is 21.6 Å². The van der Waals surface area contributed by atoms with E-state index in [2.05, 4.69) is 25.4 Å². The minimum atomic E-state index is -3.90. The molecular weight excluding hydrogens is 404 g/mol. The van der Waals surface area contributed by atoms with Gasteiger partial charge in [-0.1, -0.05) is 22.0 Å². The summed E-state index contributed by atoms with van der Waals surface area (Å²) in [5.41, 5.74) is 1.16. The minimum Gasteiger partial charge on any atom is -0.279 e. The predicted octanol–water partition coefficient (Wildman–Crippen LogP) is 2.47. The van der Waals surface area contributed by atoms with Crippen molar-refractivity contribution in [2.45, 2.75) is 16.7 Å². The molecule has 23 heavy (non-hydrogen) atoms. The average Bonchev–Trinajstić information content (AvgIpc) is 2.50. The lowest BCUT2D eigenvalue weighted by atomic mass is 10.2. The smallest absolute Gasteiger partial charge is 0.261 e. The molecule has 2 rings (SSSR count). The van der Waals surface area contributed by atoms with Crippen molar-refractivity contribution >= 4 is 41.7 Å². The summed E-state index contributed by atoms with van der Waals surface area (Å²) in [7, 11) is -6.35. The van der Waals surface area contributed by atoms with Crippen LogP contribution in [0.3, 0.4) is 0 Å². The summed E-state index contributed by atoms with van der Waals surface area (Å²) in [4.78, 5) is -0.244. The Balaban J connectivity index is 2.42. The van der Waals surface area contributed by atoms with E-state index in [-0.39, 0.29) is 9.79 Å². The maximum absolute atomic E-state index is 12.5. The molecule has 0 unspecified atom stereocenters. The Morgan fingerprint density at radius 3 is 2.09 bits per heavy atom. The van der Waals surface area contributed by atoms with Gasteiger partial charge >= 0.3 is 0 Å². The lowest BCUT2D eigenvalue weighted by molar-refractivity contribution is 0.588. The van der Waals surface area contributed by atoms with Crippen LogP contribution < -0.4 is 9.44 Å². The van der Waals surface area contributed by atoms with Crippen LogP contribution in [0.4, 0.5) is 5.69 Å². The Bertz CT molecular complexity index is 941. The molecule has 0 saturated heterocycles.